The molecule has 2 unspecified atom stereocenters. The van der Waals surface area contributed by atoms with Gasteiger partial charge < -0.3 is 15.5 Å². The normalized spacial score (nSPS) is 25.1. The molecular weight excluding hydrogens is 202 g/mol. The number of rotatable bonds is 5. The van der Waals surface area contributed by atoms with Crippen molar-refractivity contribution < 1.29 is 4.79 Å². The van der Waals surface area contributed by atoms with Crippen LogP contribution in [0.1, 0.15) is 26.2 Å². The Bertz CT molecular complexity index is 230. The molecule has 0 aromatic rings. The molecule has 1 aliphatic rings. The highest BCUT2D eigenvalue weighted by Crippen LogP contribution is 2.29. The van der Waals surface area contributed by atoms with E-state index in [-0.39, 0.29) is 5.91 Å². The van der Waals surface area contributed by atoms with Crippen LogP contribution >= 0.6 is 0 Å². The molecule has 0 aromatic heterocycles. The first kappa shape index (κ1) is 13.5. The Hall–Kier alpha value is -0.610. The highest BCUT2D eigenvalue weighted by atomic mass is 16.2. The number of carbonyl (C=O) groups is 1. The summed E-state index contributed by atoms with van der Waals surface area (Å²) in [6, 6.07) is 0.377. The fraction of sp³-hybridized carbons (Fsp3) is 0.917. The average Bonchev–Trinajstić information content (AvgIpc) is 2.66. The molecule has 2 atom stereocenters. The molecular formula is C12H25N3O. The van der Waals surface area contributed by atoms with Crippen molar-refractivity contribution in [2.24, 2.45) is 11.7 Å². The lowest BCUT2D eigenvalue weighted by atomic mass is 10.0. The summed E-state index contributed by atoms with van der Waals surface area (Å²) in [5.41, 5.74) is 5.77. The Labute approximate surface area is 98.8 Å². The van der Waals surface area contributed by atoms with Gasteiger partial charge >= 0.3 is 0 Å². The highest BCUT2D eigenvalue weighted by Gasteiger charge is 2.32. The van der Waals surface area contributed by atoms with E-state index in [1.807, 2.05) is 23.9 Å². The van der Waals surface area contributed by atoms with Gasteiger partial charge in [-0.2, -0.15) is 0 Å². The zero-order valence-electron chi connectivity index (χ0n) is 10.8. The molecule has 0 saturated heterocycles. The maximum absolute atomic E-state index is 12.1. The summed E-state index contributed by atoms with van der Waals surface area (Å²) in [7, 11) is 3.86. The molecule has 1 rings (SSSR count). The molecule has 4 nitrogen and oxygen atoms in total. The lowest BCUT2D eigenvalue weighted by molar-refractivity contribution is -0.134. The fourth-order valence-corrected chi connectivity index (χ4v) is 2.66. The van der Waals surface area contributed by atoms with Crippen LogP contribution in [0.3, 0.4) is 0 Å². The molecule has 0 aliphatic heterocycles. The van der Waals surface area contributed by atoms with Gasteiger partial charge in [-0.3, -0.25) is 4.79 Å². The van der Waals surface area contributed by atoms with Crippen LogP contribution in [-0.2, 0) is 4.79 Å². The molecule has 0 heterocycles. The van der Waals surface area contributed by atoms with Crippen LogP contribution in [-0.4, -0.2) is 55.5 Å². The molecule has 4 heteroatoms. The quantitative estimate of drug-likeness (QED) is 0.745. The first-order chi connectivity index (χ1) is 7.60. The Morgan fingerprint density at radius 1 is 1.38 bits per heavy atom. The maximum Gasteiger partial charge on any atom is 0.236 e. The minimum atomic E-state index is 0.234. The molecule has 2 N–H and O–H groups in total. The minimum Gasteiger partial charge on any atom is -0.339 e. The minimum absolute atomic E-state index is 0.234. The van der Waals surface area contributed by atoms with Gasteiger partial charge in [0.1, 0.15) is 0 Å². The Balaban J connectivity index is 2.62. The topological polar surface area (TPSA) is 49.6 Å². The van der Waals surface area contributed by atoms with Crippen LogP contribution in [0.5, 0.6) is 0 Å². The van der Waals surface area contributed by atoms with Crippen molar-refractivity contribution in [2.75, 3.05) is 33.7 Å². The van der Waals surface area contributed by atoms with Gasteiger partial charge in [-0.1, -0.05) is 6.42 Å². The van der Waals surface area contributed by atoms with E-state index < -0.39 is 0 Å². The fourth-order valence-electron chi connectivity index (χ4n) is 2.66. The number of hydrogen-bond donors (Lipinski definition) is 1. The monoisotopic (exact) mass is 227 g/mol. The molecule has 1 fully saturated rings. The molecule has 1 saturated carbocycles. The number of nitrogens with two attached hydrogens (primary N) is 1. The molecule has 94 valence electrons. The maximum atomic E-state index is 12.1. The van der Waals surface area contributed by atoms with Gasteiger partial charge in [0.25, 0.3) is 0 Å². The largest absolute Gasteiger partial charge is 0.339 e. The number of hydrogen-bond acceptors (Lipinski definition) is 3. The Kier molecular flexibility index (Phi) is 5.22. The standard InChI is InChI=1S/C12H25N3O/c1-4-15(12(16)9-14(2)3)11-7-5-6-10(11)8-13/h10-11H,4-9,13H2,1-3H3. The van der Waals surface area contributed by atoms with E-state index in [0.29, 0.717) is 25.0 Å². The summed E-state index contributed by atoms with van der Waals surface area (Å²) in [5, 5.41) is 0. The van der Waals surface area contributed by atoms with Gasteiger partial charge in [0.15, 0.2) is 0 Å². The van der Waals surface area contributed by atoms with Gasteiger partial charge in [0.2, 0.25) is 5.91 Å². The van der Waals surface area contributed by atoms with Gasteiger partial charge in [-0.15, -0.1) is 0 Å². The molecule has 0 aromatic carbocycles. The third-order valence-electron chi connectivity index (χ3n) is 3.43. The summed E-state index contributed by atoms with van der Waals surface area (Å²) in [6.45, 7) is 4.06. The summed E-state index contributed by atoms with van der Waals surface area (Å²) in [5.74, 6) is 0.740. The second-order valence-corrected chi connectivity index (χ2v) is 4.91. The smallest absolute Gasteiger partial charge is 0.236 e. The number of carbonyl (C=O) groups excluding carboxylic acids is 1. The lowest BCUT2D eigenvalue weighted by Gasteiger charge is -2.32. The van der Waals surface area contributed by atoms with Crippen LogP contribution in [0.15, 0.2) is 0 Å². The van der Waals surface area contributed by atoms with Gasteiger partial charge in [-0.25, -0.2) is 0 Å². The van der Waals surface area contributed by atoms with E-state index in [4.69, 9.17) is 5.73 Å². The zero-order valence-corrected chi connectivity index (χ0v) is 10.8. The predicted molar refractivity (Wildman–Crippen MR) is 66.1 cm³/mol. The van der Waals surface area contributed by atoms with Crippen LogP contribution in [0.2, 0.25) is 0 Å². The van der Waals surface area contributed by atoms with Crippen molar-refractivity contribution in [3.63, 3.8) is 0 Å². The summed E-state index contributed by atoms with van der Waals surface area (Å²) < 4.78 is 0. The van der Waals surface area contributed by atoms with Crippen molar-refractivity contribution in [3.8, 4) is 0 Å². The van der Waals surface area contributed by atoms with E-state index in [2.05, 4.69) is 6.92 Å². The van der Waals surface area contributed by atoms with Crippen LogP contribution < -0.4 is 5.73 Å². The first-order valence-corrected chi connectivity index (χ1v) is 6.24. The third-order valence-corrected chi connectivity index (χ3v) is 3.43. The van der Waals surface area contributed by atoms with Crippen molar-refractivity contribution in [1.82, 2.24) is 9.80 Å². The van der Waals surface area contributed by atoms with Crippen molar-refractivity contribution in [3.05, 3.63) is 0 Å². The summed E-state index contributed by atoms with van der Waals surface area (Å²) >= 11 is 0. The number of amides is 1. The van der Waals surface area contributed by atoms with Crippen molar-refractivity contribution in [2.45, 2.75) is 32.2 Å². The SMILES string of the molecule is CCN(C(=O)CN(C)C)C1CCCC1CN. The second kappa shape index (κ2) is 6.21. The summed E-state index contributed by atoms with van der Waals surface area (Å²) in [4.78, 5) is 16.0. The molecule has 1 amide bonds. The van der Waals surface area contributed by atoms with Gasteiger partial charge in [0.05, 0.1) is 6.54 Å². The number of likely N-dealkylation sites (N-methyl/N-ethyl adjacent to an activating group) is 2. The van der Waals surface area contributed by atoms with Crippen molar-refractivity contribution in [1.29, 1.82) is 0 Å². The molecule has 16 heavy (non-hydrogen) atoms. The van der Waals surface area contributed by atoms with E-state index >= 15 is 0 Å². The first-order valence-electron chi connectivity index (χ1n) is 6.24. The molecule has 0 spiro atoms. The third kappa shape index (κ3) is 3.19. The number of nitrogens with zero attached hydrogens (tertiary/aromatic N) is 2. The summed E-state index contributed by atoms with van der Waals surface area (Å²) in [6.07, 6.45) is 3.50. The zero-order chi connectivity index (χ0) is 12.1. The Morgan fingerprint density at radius 3 is 2.56 bits per heavy atom. The second-order valence-electron chi connectivity index (χ2n) is 4.91. The van der Waals surface area contributed by atoms with E-state index in [1.165, 1.54) is 12.8 Å². The molecule has 0 bridgehead atoms. The van der Waals surface area contributed by atoms with Crippen LogP contribution in [0.4, 0.5) is 0 Å². The van der Waals surface area contributed by atoms with Crippen molar-refractivity contribution >= 4 is 5.91 Å². The van der Waals surface area contributed by atoms with Crippen LogP contribution in [0, 0.1) is 5.92 Å². The Morgan fingerprint density at radius 2 is 2.06 bits per heavy atom. The van der Waals surface area contributed by atoms with E-state index in [0.717, 1.165) is 13.0 Å². The van der Waals surface area contributed by atoms with E-state index in [1.54, 1.807) is 0 Å². The molecule has 0 radical (unpaired) electrons. The average molecular weight is 227 g/mol. The highest BCUT2D eigenvalue weighted by molar-refractivity contribution is 5.78. The van der Waals surface area contributed by atoms with E-state index in [9.17, 15) is 4.79 Å². The van der Waals surface area contributed by atoms with Gasteiger partial charge in [-0.05, 0) is 46.3 Å². The van der Waals surface area contributed by atoms with Crippen LogP contribution in [0.25, 0.3) is 0 Å². The molecule has 1 aliphatic carbocycles. The predicted octanol–water partition coefficient (Wildman–Crippen LogP) is 0.524. The van der Waals surface area contributed by atoms with Gasteiger partial charge in [0, 0.05) is 12.6 Å². The lowest BCUT2D eigenvalue weighted by Crippen LogP contribution is -2.47.